The standard InChI is InChI=1S/C21H22FNO2/c1-20(2)12-25-21(3,4)18-17-15(9-6-10-16(17)24)23(19(18)20)14-8-5-7-13(22)11-14/h5-11,24H,12H2,1-4H3. The molecule has 2 aromatic carbocycles. The van der Waals surface area contributed by atoms with Crippen LogP contribution in [0.5, 0.6) is 5.75 Å². The number of benzene rings is 2. The van der Waals surface area contributed by atoms with Gasteiger partial charge in [-0.1, -0.05) is 26.0 Å². The highest BCUT2D eigenvalue weighted by molar-refractivity contribution is 5.93. The summed E-state index contributed by atoms with van der Waals surface area (Å²) in [7, 11) is 0. The molecule has 1 N–H and O–H groups in total. The van der Waals surface area contributed by atoms with Crippen LogP contribution in [0.25, 0.3) is 16.6 Å². The molecule has 0 radical (unpaired) electrons. The summed E-state index contributed by atoms with van der Waals surface area (Å²) in [5.41, 5.74) is 2.83. The maximum absolute atomic E-state index is 13.9. The van der Waals surface area contributed by atoms with Gasteiger partial charge in [-0.2, -0.15) is 0 Å². The van der Waals surface area contributed by atoms with E-state index in [0.717, 1.165) is 27.8 Å². The number of aromatic nitrogens is 1. The molecule has 0 unspecified atom stereocenters. The molecule has 1 aliphatic rings. The van der Waals surface area contributed by atoms with E-state index < -0.39 is 5.60 Å². The van der Waals surface area contributed by atoms with Gasteiger partial charge in [-0.25, -0.2) is 4.39 Å². The normalized spacial score (nSPS) is 18.3. The number of phenols is 1. The van der Waals surface area contributed by atoms with Crippen LogP contribution >= 0.6 is 0 Å². The molecule has 3 aromatic rings. The fourth-order valence-electron chi connectivity index (χ4n) is 3.93. The lowest BCUT2D eigenvalue weighted by Gasteiger charge is -2.41. The summed E-state index contributed by atoms with van der Waals surface area (Å²) in [6.45, 7) is 8.82. The molecular formula is C21H22FNO2. The van der Waals surface area contributed by atoms with Crippen molar-refractivity contribution in [2.75, 3.05) is 6.61 Å². The van der Waals surface area contributed by atoms with Gasteiger partial charge in [0.2, 0.25) is 0 Å². The molecule has 1 aliphatic heterocycles. The number of hydrogen-bond donors (Lipinski definition) is 1. The van der Waals surface area contributed by atoms with Gasteiger partial charge in [0, 0.05) is 27.7 Å². The topological polar surface area (TPSA) is 34.4 Å². The Bertz CT molecular complexity index is 985. The van der Waals surface area contributed by atoms with Crippen LogP contribution in [0.4, 0.5) is 4.39 Å². The molecular weight excluding hydrogens is 317 g/mol. The van der Waals surface area contributed by atoms with Crippen LogP contribution in [0.1, 0.15) is 39.0 Å². The van der Waals surface area contributed by atoms with E-state index in [-0.39, 0.29) is 17.0 Å². The molecule has 2 heterocycles. The van der Waals surface area contributed by atoms with E-state index in [1.807, 2.05) is 32.0 Å². The van der Waals surface area contributed by atoms with Crippen LogP contribution in [-0.2, 0) is 15.8 Å². The van der Waals surface area contributed by atoms with Crippen molar-refractivity contribution < 1.29 is 14.2 Å². The zero-order valence-corrected chi connectivity index (χ0v) is 14.9. The van der Waals surface area contributed by atoms with Gasteiger partial charge in [0.25, 0.3) is 0 Å². The molecule has 4 rings (SSSR count). The maximum atomic E-state index is 13.9. The molecule has 4 heteroatoms. The third-order valence-corrected chi connectivity index (χ3v) is 5.08. The lowest BCUT2D eigenvalue weighted by atomic mass is 9.79. The molecule has 0 saturated carbocycles. The molecule has 0 bridgehead atoms. The predicted molar refractivity (Wildman–Crippen MR) is 96.9 cm³/mol. The zero-order valence-electron chi connectivity index (χ0n) is 14.9. The van der Waals surface area contributed by atoms with Crippen molar-refractivity contribution in [2.24, 2.45) is 0 Å². The van der Waals surface area contributed by atoms with E-state index in [1.165, 1.54) is 12.1 Å². The average molecular weight is 339 g/mol. The van der Waals surface area contributed by atoms with E-state index in [0.29, 0.717) is 6.61 Å². The van der Waals surface area contributed by atoms with Crippen molar-refractivity contribution in [1.82, 2.24) is 4.57 Å². The predicted octanol–water partition coefficient (Wildman–Crippen LogP) is 5.02. The van der Waals surface area contributed by atoms with Crippen molar-refractivity contribution in [2.45, 2.75) is 38.7 Å². The van der Waals surface area contributed by atoms with Crippen molar-refractivity contribution in [1.29, 1.82) is 0 Å². The monoisotopic (exact) mass is 339 g/mol. The first-order chi connectivity index (χ1) is 11.7. The fourth-order valence-corrected chi connectivity index (χ4v) is 3.93. The third-order valence-electron chi connectivity index (χ3n) is 5.08. The Labute approximate surface area is 146 Å². The van der Waals surface area contributed by atoms with Crippen LogP contribution in [0.15, 0.2) is 42.5 Å². The Hall–Kier alpha value is -2.33. The molecule has 0 spiro atoms. The Morgan fingerprint density at radius 3 is 2.52 bits per heavy atom. The highest BCUT2D eigenvalue weighted by atomic mass is 19.1. The Balaban J connectivity index is 2.23. The van der Waals surface area contributed by atoms with Gasteiger partial charge in [-0.05, 0) is 44.2 Å². The number of ether oxygens (including phenoxy) is 1. The van der Waals surface area contributed by atoms with Crippen molar-refractivity contribution in [3.05, 3.63) is 59.5 Å². The molecule has 0 atom stereocenters. The number of rotatable bonds is 1. The summed E-state index contributed by atoms with van der Waals surface area (Å²) in [4.78, 5) is 0. The van der Waals surface area contributed by atoms with Gasteiger partial charge in [0.05, 0.1) is 17.7 Å². The first kappa shape index (κ1) is 16.2. The lowest BCUT2D eigenvalue weighted by Crippen LogP contribution is -2.40. The summed E-state index contributed by atoms with van der Waals surface area (Å²) in [5, 5.41) is 11.4. The summed E-state index contributed by atoms with van der Waals surface area (Å²) >= 11 is 0. The Morgan fingerprint density at radius 2 is 1.80 bits per heavy atom. The minimum Gasteiger partial charge on any atom is -0.507 e. The summed E-state index contributed by atoms with van der Waals surface area (Å²) < 4.78 is 22.1. The Morgan fingerprint density at radius 1 is 1.08 bits per heavy atom. The summed E-state index contributed by atoms with van der Waals surface area (Å²) in [6.07, 6.45) is 0. The van der Waals surface area contributed by atoms with E-state index in [4.69, 9.17) is 4.74 Å². The van der Waals surface area contributed by atoms with Crippen molar-refractivity contribution in [3.8, 4) is 11.4 Å². The van der Waals surface area contributed by atoms with Crippen LogP contribution in [-0.4, -0.2) is 16.3 Å². The second-order valence-corrected chi connectivity index (χ2v) is 7.89. The van der Waals surface area contributed by atoms with Gasteiger partial charge in [-0.3, -0.25) is 0 Å². The second kappa shape index (κ2) is 5.09. The van der Waals surface area contributed by atoms with Gasteiger partial charge < -0.3 is 14.4 Å². The molecule has 0 aliphatic carbocycles. The molecule has 25 heavy (non-hydrogen) atoms. The maximum Gasteiger partial charge on any atom is 0.125 e. The lowest BCUT2D eigenvalue weighted by molar-refractivity contribution is -0.0590. The highest BCUT2D eigenvalue weighted by Gasteiger charge is 2.43. The van der Waals surface area contributed by atoms with Gasteiger partial charge in [-0.15, -0.1) is 0 Å². The minimum atomic E-state index is -0.541. The fraction of sp³-hybridized carbons (Fsp3) is 0.333. The van der Waals surface area contributed by atoms with E-state index in [1.54, 1.807) is 12.1 Å². The first-order valence-corrected chi connectivity index (χ1v) is 8.50. The molecule has 0 amide bonds. The second-order valence-electron chi connectivity index (χ2n) is 7.89. The van der Waals surface area contributed by atoms with E-state index in [2.05, 4.69) is 18.4 Å². The minimum absolute atomic E-state index is 0.221. The largest absolute Gasteiger partial charge is 0.507 e. The Kier molecular flexibility index (Phi) is 3.29. The number of hydrogen-bond acceptors (Lipinski definition) is 2. The van der Waals surface area contributed by atoms with Gasteiger partial charge in [0.1, 0.15) is 11.6 Å². The quantitative estimate of drug-likeness (QED) is 0.675. The molecule has 1 aromatic heterocycles. The van der Waals surface area contributed by atoms with Crippen LogP contribution in [0.3, 0.4) is 0 Å². The van der Waals surface area contributed by atoms with Crippen molar-refractivity contribution in [3.63, 3.8) is 0 Å². The molecule has 0 saturated heterocycles. The number of halogens is 1. The summed E-state index contributed by atoms with van der Waals surface area (Å²) in [6, 6.07) is 12.1. The summed E-state index contributed by atoms with van der Waals surface area (Å²) in [5.74, 6) is -0.0596. The first-order valence-electron chi connectivity index (χ1n) is 8.50. The molecule has 3 nitrogen and oxygen atoms in total. The van der Waals surface area contributed by atoms with Crippen molar-refractivity contribution >= 4 is 10.9 Å². The number of aromatic hydroxyl groups is 1. The third kappa shape index (κ3) is 2.28. The van der Waals surface area contributed by atoms with Crippen LogP contribution < -0.4 is 0 Å². The van der Waals surface area contributed by atoms with Crippen LogP contribution in [0, 0.1) is 5.82 Å². The SMILES string of the molecule is CC1(C)COC(C)(C)c2c1n(-c1cccc(F)c1)c1cccc(O)c21. The highest BCUT2D eigenvalue weighted by Crippen LogP contribution is 2.49. The van der Waals surface area contributed by atoms with E-state index >= 15 is 0 Å². The number of nitrogens with zero attached hydrogens (tertiary/aromatic N) is 1. The zero-order chi connectivity index (χ0) is 18.0. The number of phenolic OH excluding ortho intramolecular Hbond substituents is 1. The van der Waals surface area contributed by atoms with Crippen LogP contribution in [0.2, 0.25) is 0 Å². The smallest absolute Gasteiger partial charge is 0.125 e. The molecule has 130 valence electrons. The molecule has 0 fully saturated rings. The average Bonchev–Trinajstić information content (AvgIpc) is 2.91. The van der Waals surface area contributed by atoms with Gasteiger partial charge in [0.15, 0.2) is 0 Å². The van der Waals surface area contributed by atoms with E-state index in [9.17, 15) is 9.50 Å². The van der Waals surface area contributed by atoms with Gasteiger partial charge >= 0.3 is 0 Å². The number of fused-ring (bicyclic) bond motifs is 3.